The summed E-state index contributed by atoms with van der Waals surface area (Å²) in [4.78, 5) is 11.7. The molecule has 2 N–H and O–H groups in total. The van der Waals surface area contributed by atoms with Gasteiger partial charge >= 0.3 is 5.97 Å². The van der Waals surface area contributed by atoms with Crippen molar-refractivity contribution in [3.63, 3.8) is 0 Å². The highest BCUT2D eigenvalue weighted by atomic mass is 35.5. The summed E-state index contributed by atoms with van der Waals surface area (Å²) >= 11 is 5.77. The summed E-state index contributed by atoms with van der Waals surface area (Å²) in [5.41, 5.74) is 5.95. The van der Waals surface area contributed by atoms with Crippen LogP contribution in [0.25, 0.3) is 0 Å². The predicted octanol–water partition coefficient (Wildman–Crippen LogP) is 3.41. The first-order valence-electron chi connectivity index (χ1n) is 5.99. The molecule has 1 rings (SSSR count). The molecule has 102 valence electrons. The van der Waals surface area contributed by atoms with Gasteiger partial charge in [0.05, 0.1) is 34.4 Å². The molecule has 0 unspecified atom stereocenters. The van der Waals surface area contributed by atoms with Crippen molar-refractivity contribution in [3.8, 4) is 6.07 Å². The Morgan fingerprint density at radius 2 is 2.21 bits per heavy atom. The Morgan fingerprint density at radius 3 is 2.79 bits per heavy atom. The Bertz CT molecular complexity index is 507. The summed E-state index contributed by atoms with van der Waals surface area (Å²) in [5.74, 6) is -0.432. The van der Waals surface area contributed by atoms with Crippen LogP contribution < -0.4 is 5.73 Å². The summed E-state index contributed by atoms with van der Waals surface area (Å²) in [5, 5.41) is 9.26. The summed E-state index contributed by atoms with van der Waals surface area (Å²) in [6.45, 7) is 4.00. The van der Waals surface area contributed by atoms with Crippen LogP contribution in [0.1, 0.15) is 37.0 Å². The van der Waals surface area contributed by atoms with Gasteiger partial charge in [0.2, 0.25) is 0 Å². The van der Waals surface area contributed by atoms with Gasteiger partial charge in [-0.3, -0.25) is 0 Å². The fourth-order valence-corrected chi connectivity index (χ4v) is 1.61. The van der Waals surface area contributed by atoms with E-state index >= 15 is 0 Å². The van der Waals surface area contributed by atoms with E-state index in [1.54, 1.807) is 12.1 Å². The Hall–Kier alpha value is -1.73. The number of carbonyl (C=O) groups is 1. The third-order valence-corrected chi connectivity index (χ3v) is 3.06. The maximum Gasteiger partial charge on any atom is 0.338 e. The fourth-order valence-electron chi connectivity index (χ4n) is 1.49. The van der Waals surface area contributed by atoms with Gasteiger partial charge in [-0.25, -0.2) is 4.79 Å². The molecule has 19 heavy (non-hydrogen) atoms. The average Bonchev–Trinajstić information content (AvgIpc) is 2.37. The van der Waals surface area contributed by atoms with Crippen molar-refractivity contribution in [2.24, 2.45) is 5.41 Å². The van der Waals surface area contributed by atoms with E-state index in [9.17, 15) is 4.79 Å². The van der Waals surface area contributed by atoms with Gasteiger partial charge in [0, 0.05) is 0 Å². The first kappa shape index (κ1) is 15.3. The SMILES string of the molecule is CC(C)(C#N)CCCOC(=O)c1ccc(Cl)c(N)c1. The van der Waals surface area contributed by atoms with Crippen LogP contribution in [-0.4, -0.2) is 12.6 Å². The number of nitriles is 1. The smallest absolute Gasteiger partial charge is 0.338 e. The van der Waals surface area contributed by atoms with Gasteiger partial charge in [0.1, 0.15) is 0 Å². The zero-order valence-electron chi connectivity index (χ0n) is 11.1. The lowest BCUT2D eigenvalue weighted by molar-refractivity contribution is 0.0491. The number of halogens is 1. The molecule has 0 aliphatic carbocycles. The predicted molar refractivity (Wildman–Crippen MR) is 74.8 cm³/mol. The molecule has 0 spiro atoms. The number of esters is 1. The van der Waals surface area contributed by atoms with Crippen molar-refractivity contribution >= 4 is 23.3 Å². The minimum Gasteiger partial charge on any atom is -0.462 e. The second kappa shape index (κ2) is 6.44. The van der Waals surface area contributed by atoms with Crippen LogP contribution in [0.2, 0.25) is 5.02 Å². The molecule has 0 radical (unpaired) electrons. The number of ether oxygens (including phenoxy) is 1. The van der Waals surface area contributed by atoms with E-state index < -0.39 is 11.4 Å². The number of carbonyl (C=O) groups excluding carboxylic acids is 1. The van der Waals surface area contributed by atoms with Gasteiger partial charge in [-0.15, -0.1) is 0 Å². The molecule has 5 heteroatoms. The Kier molecular flexibility index (Phi) is 5.20. The number of benzene rings is 1. The van der Waals surface area contributed by atoms with Crippen molar-refractivity contribution < 1.29 is 9.53 Å². The molecule has 0 aromatic heterocycles. The Morgan fingerprint density at radius 1 is 1.53 bits per heavy atom. The number of anilines is 1. The lowest BCUT2D eigenvalue weighted by Gasteiger charge is -2.14. The highest BCUT2D eigenvalue weighted by Crippen LogP contribution is 2.21. The van der Waals surface area contributed by atoms with Crippen LogP contribution >= 0.6 is 11.6 Å². The molecule has 0 heterocycles. The van der Waals surface area contributed by atoms with E-state index in [1.165, 1.54) is 6.07 Å². The Balaban J connectivity index is 2.44. The van der Waals surface area contributed by atoms with Crippen LogP contribution in [0.4, 0.5) is 5.69 Å². The number of nitrogen functional groups attached to an aromatic ring is 1. The van der Waals surface area contributed by atoms with Crippen molar-refractivity contribution in [2.45, 2.75) is 26.7 Å². The first-order chi connectivity index (χ1) is 8.85. The van der Waals surface area contributed by atoms with E-state index in [2.05, 4.69) is 6.07 Å². The molecule has 0 bridgehead atoms. The zero-order valence-corrected chi connectivity index (χ0v) is 11.8. The van der Waals surface area contributed by atoms with Crippen molar-refractivity contribution in [1.82, 2.24) is 0 Å². The number of nitrogens with two attached hydrogens (primary N) is 1. The third-order valence-electron chi connectivity index (χ3n) is 2.71. The van der Waals surface area contributed by atoms with Gasteiger partial charge in [-0.1, -0.05) is 11.6 Å². The molecule has 1 aromatic rings. The minimum absolute atomic E-state index is 0.284. The van der Waals surface area contributed by atoms with E-state index in [-0.39, 0.29) is 6.61 Å². The largest absolute Gasteiger partial charge is 0.462 e. The highest BCUT2D eigenvalue weighted by molar-refractivity contribution is 6.33. The maximum absolute atomic E-state index is 11.7. The minimum atomic E-state index is -0.432. The second-order valence-corrected chi connectivity index (χ2v) is 5.38. The number of hydrogen-bond acceptors (Lipinski definition) is 4. The van der Waals surface area contributed by atoms with Gasteiger partial charge < -0.3 is 10.5 Å². The molecule has 0 amide bonds. The van der Waals surface area contributed by atoms with Gasteiger partial charge in [-0.2, -0.15) is 5.26 Å². The lowest BCUT2D eigenvalue weighted by atomic mass is 9.90. The number of nitrogens with zero attached hydrogens (tertiary/aromatic N) is 1. The van der Waals surface area contributed by atoms with E-state index in [0.717, 1.165) is 0 Å². The van der Waals surface area contributed by atoms with Crippen molar-refractivity contribution in [2.75, 3.05) is 12.3 Å². The topological polar surface area (TPSA) is 76.1 Å². The monoisotopic (exact) mass is 280 g/mol. The molecule has 0 aliphatic heterocycles. The Labute approximate surface area is 118 Å². The van der Waals surface area contributed by atoms with E-state index in [0.29, 0.717) is 29.1 Å². The molecule has 0 aliphatic rings. The van der Waals surface area contributed by atoms with Crippen molar-refractivity contribution in [1.29, 1.82) is 5.26 Å². The maximum atomic E-state index is 11.7. The molecular formula is C14H17ClN2O2. The molecule has 0 saturated carbocycles. The van der Waals surface area contributed by atoms with Gasteiger partial charge in [-0.05, 0) is 44.9 Å². The summed E-state index contributed by atoms with van der Waals surface area (Å²) < 4.78 is 5.12. The first-order valence-corrected chi connectivity index (χ1v) is 6.37. The average molecular weight is 281 g/mol. The molecule has 4 nitrogen and oxygen atoms in total. The standard InChI is InChI=1S/C14H17ClN2O2/c1-14(2,9-16)6-3-7-19-13(18)10-4-5-11(15)12(17)8-10/h4-5,8H,3,6-7,17H2,1-2H3. The van der Waals surface area contributed by atoms with Crippen LogP contribution in [0, 0.1) is 16.7 Å². The normalized spacial score (nSPS) is 10.8. The van der Waals surface area contributed by atoms with Gasteiger partial charge in [0.15, 0.2) is 0 Å². The quantitative estimate of drug-likeness (QED) is 0.509. The zero-order chi connectivity index (χ0) is 14.5. The van der Waals surface area contributed by atoms with Crippen LogP contribution in [0.3, 0.4) is 0 Å². The molecular weight excluding hydrogens is 264 g/mol. The molecule has 0 fully saturated rings. The summed E-state index contributed by atoms with van der Waals surface area (Å²) in [6, 6.07) is 6.82. The lowest BCUT2D eigenvalue weighted by Crippen LogP contribution is -2.11. The van der Waals surface area contributed by atoms with E-state index in [4.69, 9.17) is 27.3 Å². The second-order valence-electron chi connectivity index (χ2n) is 4.97. The van der Waals surface area contributed by atoms with Crippen LogP contribution in [0.15, 0.2) is 18.2 Å². The van der Waals surface area contributed by atoms with Crippen molar-refractivity contribution in [3.05, 3.63) is 28.8 Å². The fraction of sp³-hybridized carbons (Fsp3) is 0.429. The third kappa shape index (κ3) is 4.80. The summed E-state index contributed by atoms with van der Waals surface area (Å²) in [6.07, 6.45) is 1.33. The number of hydrogen-bond donors (Lipinski definition) is 1. The van der Waals surface area contributed by atoms with E-state index in [1.807, 2.05) is 13.8 Å². The molecule has 1 aromatic carbocycles. The van der Waals surface area contributed by atoms with Crippen LogP contribution in [-0.2, 0) is 4.74 Å². The van der Waals surface area contributed by atoms with Crippen LogP contribution in [0.5, 0.6) is 0 Å². The van der Waals surface area contributed by atoms with Gasteiger partial charge in [0.25, 0.3) is 0 Å². The number of rotatable bonds is 5. The molecule has 0 atom stereocenters. The highest BCUT2D eigenvalue weighted by Gasteiger charge is 2.16. The molecule has 0 saturated heterocycles. The summed E-state index contributed by atoms with van der Waals surface area (Å²) in [7, 11) is 0.